The molecule has 34 heavy (non-hydrogen) atoms. The number of fused-ring (bicyclic) bond motifs is 1. The lowest BCUT2D eigenvalue weighted by molar-refractivity contribution is -0.117. The normalized spacial score (nSPS) is 13.9. The summed E-state index contributed by atoms with van der Waals surface area (Å²) in [4.78, 5) is 27.1. The first kappa shape index (κ1) is 22.1. The van der Waals surface area contributed by atoms with E-state index in [1.54, 1.807) is 46.7 Å². The molecule has 7 nitrogen and oxygen atoms in total. The van der Waals surface area contributed by atoms with Gasteiger partial charge in [0.05, 0.1) is 11.3 Å². The SMILES string of the molecule is O=C(Nc1cccc(N2CCCC2=O)c1)c1cc2ccccc2cc1NS(=O)(=O)c1cccs1. The standard InChI is InChI=1S/C25H21N3O4S2/c29-23-10-4-12-28(23)20-9-3-8-19(16-20)26-25(30)21-14-17-6-1-2-7-18(17)15-22(21)27-34(31,32)24-11-5-13-33-24/h1-3,5-9,11,13-16,27H,4,10,12H2,(H,26,30). The fraction of sp³-hybridized carbons (Fsp3) is 0.120. The molecule has 1 aliphatic heterocycles. The minimum atomic E-state index is -3.85. The fourth-order valence-electron chi connectivity index (χ4n) is 4.00. The Bertz CT molecular complexity index is 1500. The van der Waals surface area contributed by atoms with E-state index in [4.69, 9.17) is 0 Å². The molecule has 3 aromatic carbocycles. The molecule has 0 saturated carbocycles. The third kappa shape index (κ3) is 4.40. The molecule has 0 spiro atoms. The molecule has 0 atom stereocenters. The van der Waals surface area contributed by atoms with E-state index in [1.807, 2.05) is 30.3 Å². The summed E-state index contributed by atoms with van der Waals surface area (Å²) in [5.74, 6) is -0.400. The molecule has 9 heteroatoms. The Morgan fingerprint density at radius 2 is 1.74 bits per heavy atom. The summed E-state index contributed by atoms with van der Waals surface area (Å²) in [5, 5.41) is 6.15. The van der Waals surface area contributed by atoms with Crippen molar-refractivity contribution in [2.75, 3.05) is 21.5 Å². The zero-order chi connectivity index (χ0) is 23.7. The minimum absolute atomic E-state index is 0.0586. The zero-order valence-corrected chi connectivity index (χ0v) is 19.7. The van der Waals surface area contributed by atoms with Crippen LogP contribution in [0, 0.1) is 0 Å². The number of hydrogen-bond donors (Lipinski definition) is 2. The highest BCUT2D eigenvalue weighted by molar-refractivity contribution is 7.94. The van der Waals surface area contributed by atoms with E-state index >= 15 is 0 Å². The van der Waals surface area contributed by atoms with Crippen LogP contribution in [-0.4, -0.2) is 26.8 Å². The summed E-state index contributed by atoms with van der Waals surface area (Å²) in [7, 11) is -3.85. The van der Waals surface area contributed by atoms with Crippen molar-refractivity contribution >= 4 is 61.0 Å². The number of nitrogens with one attached hydrogen (secondary N) is 2. The van der Waals surface area contributed by atoms with Crippen molar-refractivity contribution in [3.63, 3.8) is 0 Å². The summed E-state index contributed by atoms with van der Waals surface area (Å²) in [5.41, 5.74) is 1.62. The van der Waals surface area contributed by atoms with Crippen molar-refractivity contribution in [1.29, 1.82) is 0 Å². The number of rotatable bonds is 6. The Morgan fingerprint density at radius 3 is 2.44 bits per heavy atom. The molecule has 2 amide bonds. The van der Waals surface area contributed by atoms with Gasteiger partial charge in [-0.15, -0.1) is 11.3 Å². The van der Waals surface area contributed by atoms with E-state index < -0.39 is 15.9 Å². The van der Waals surface area contributed by atoms with Crippen LogP contribution in [0.15, 0.2) is 82.4 Å². The Morgan fingerprint density at radius 1 is 0.941 bits per heavy atom. The quantitative estimate of drug-likeness (QED) is 0.393. The Labute approximate surface area is 201 Å². The van der Waals surface area contributed by atoms with E-state index in [0.29, 0.717) is 18.7 Å². The van der Waals surface area contributed by atoms with Gasteiger partial charge in [0, 0.05) is 24.3 Å². The Kier molecular flexibility index (Phi) is 5.80. The van der Waals surface area contributed by atoms with Crippen LogP contribution in [0.1, 0.15) is 23.2 Å². The summed E-state index contributed by atoms with van der Waals surface area (Å²) in [6, 6.07) is 21.0. The number of nitrogens with zero attached hydrogens (tertiary/aromatic N) is 1. The van der Waals surface area contributed by atoms with Gasteiger partial charge in [-0.3, -0.25) is 14.3 Å². The van der Waals surface area contributed by atoms with Crippen LogP contribution in [0.4, 0.5) is 17.1 Å². The van der Waals surface area contributed by atoms with Crippen LogP contribution in [0.5, 0.6) is 0 Å². The molecule has 2 heterocycles. The van der Waals surface area contributed by atoms with Crippen molar-refractivity contribution in [3.05, 3.63) is 83.7 Å². The van der Waals surface area contributed by atoms with E-state index in [1.165, 1.54) is 6.07 Å². The van der Waals surface area contributed by atoms with Crippen molar-refractivity contribution in [1.82, 2.24) is 0 Å². The van der Waals surface area contributed by atoms with Gasteiger partial charge in [0.25, 0.3) is 15.9 Å². The smallest absolute Gasteiger partial charge is 0.271 e. The maximum Gasteiger partial charge on any atom is 0.271 e. The van der Waals surface area contributed by atoms with Gasteiger partial charge in [-0.1, -0.05) is 36.4 Å². The third-order valence-corrected chi connectivity index (χ3v) is 8.39. The molecule has 0 radical (unpaired) electrons. The largest absolute Gasteiger partial charge is 0.322 e. The van der Waals surface area contributed by atoms with Gasteiger partial charge in [-0.25, -0.2) is 8.42 Å². The first-order valence-electron chi connectivity index (χ1n) is 10.7. The average molecular weight is 492 g/mol. The highest BCUT2D eigenvalue weighted by Gasteiger charge is 2.23. The second-order valence-electron chi connectivity index (χ2n) is 7.94. The van der Waals surface area contributed by atoms with Crippen molar-refractivity contribution in [3.8, 4) is 0 Å². The first-order chi connectivity index (χ1) is 16.4. The molecule has 0 bridgehead atoms. The van der Waals surface area contributed by atoms with Crippen LogP contribution in [0.25, 0.3) is 10.8 Å². The van der Waals surface area contributed by atoms with E-state index in [9.17, 15) is 18.0 Å². The van der Waals surface area contributed by atoms with Gasteiger partial charge in [0.15, 0.2) is 0 Å². The van der Waals surface area contributed by atoms with Crippen LogP contribution in [0.2, 0.25) is 0 Å². The molecule has 1 saturated heterocycles. The van der Waals surface area contributed by atoms with Crippen molar-refractivity contribution in [2.24, 2.45) is 0 Å². The lowest BCUT2D eigenvalue weighted by atomic mass is 10.0. The number of hydrogen-bond acceptors (Lipinski definition) is 5. The molecule has 172 valence electrons. The van der Waals surface area contributed by atoms with E-state index in [2.05, 4.69) is 10.0 Å². The van der Waals surface area contributed by atoms with Gasteiger partial charge < -0.3 is 10.2 Å². The molecule has 1 aromatic heterocycles. The molecule has 1 aliphatic rings. The third-order valence-electron chi connectivity index (χ3n) is 5.62. The van der Waals surface area contributed by atoms with Crippen LogP contribution < -0.4 is 14.9 Å². The second kappa shape index (κ2) is 8.92. The van der Waals surface area contributed by atoms with Gasteiger partial charge in [-0.05, 0) is 59.0 Å². The first-order valence-corrected chi connectivity index (χ1v) is 13.1. The summed E-state index contributed by atoms with van der Waals surface area (Å²) >= 11 is 1.10. The summed E-state index contributed by atoms with van der Waals surface area (Å²) < 4.78 is 28.5. The van der Waals surface area contributed by atoms with Crippen molar-refractivity contribution in [2.45, 2.75) is 17.1 Å². The van der Waals surface area contributed by atoms with Crippen LogP contribution in [0.3, 0.4) is 0 Å². The molecule has 1 fully saturated rings. The predicted molar refractivity (Wildman–Crippen MR) is 135 cm³/mol. The lowest BCUT2D eigenvalue weighted by Crippen LogP contribution is -2.24. The van der Waals surface area contributed by atoms with Gasteiger partial charge in [-0.2, -0.15) is 0 Å². The molecule has 0 unspecified atom stereocenters. The molecule has 0 aliphatic carbocycles. The highest BCUT2D eigenvalue weighted by Crippen LogP contribution is 2.29. The van der Waals surface area contributed by atoms with Gasteiger partial charge in [0.1, 0.15) is 4.21 Å². The molecular formula is C25H21N3O4S2. The molecule has 4 aromatic rings. The molecular weight excluding hydrogens is 470 g/mol. The van der Waals surface area contributed by atoms with Crippen LogP contribution in [-0.2, 0) is 14.8 Å². The zero-order valence-electron chi connectivity index (χ0n) is 18.0. The predicted octanol–water partition coefficient (Wildman–Crippen LogP) is 5.08. The van der Waals surface area contributed by atoms with Gasteiger partial charge in [0.2, 0.25) is 5.91 Å². The van der Waals surface area contributed by atoms with E-state index in [0.717, 1.165) is 34.2 Å². The minimum Gasteiger partial charge on any atom is -0.322 e. The second-order valence-corrected chi connectivity index (χ2v) is 10.8. The monoisotopic (exact) mass is 491 g/mol. The topological polar surface area (TPSA) is 95.6 Å². The number of carbonyl (C=O) groups is 2. The number of anilines is 3. The number of amides is 2. The number of thiophene rings is 1. The number of carbonyl (C=O) groups excluding carboxylic acids is 2. The Balaban J connectivity index is 1.49. The van der Waals surface area contributed by atoms with E-state index in [-0.39, 0.29) is 21.4 Å². The maximum atomic E-state index is 13.3. The average Bonchev–Trinajstić information content (AvgIpc) is 3.51. The fourth-order valence-corrected chi connectivity index (χ4v) is 6.06. The Hall–Kier alpha value is -3.69. The lowest BCUT2D eigenvalue weighted by Gasteiger charge is -2.17. The van der Waals surface area contributed by atoms with Crippen LogP contribution >= 0.6 is 11.3 Å². The summed E-state index contributed by atoms with van der Waals surface area (Å²) in [6.07, 6.45) is 1.32. The maximum absolute atomic E-state index is 13.3. The molecule has 2 N–H and O–H groups in total. The van der Waals surface area contributed by atoms with Crippen molar-refractivity contribution < 1.29 is 18.0 Å². The number of sulfonamides is 1. The molecule has 5 rings (SSSR count). The van der Waals surface area contributed by atoms with Gasteiger partial charge >= 0.3 is 0 Å². The highest BCUT2D eigenvalue weighted by atomic mass is 32.2. The summed E-state index contributed by atoms with van der Waals surface area (Å²) in [6.45, 7) is 0.648. The number of benzene rings is 3.